The summed E-state index contributed by atoms with van der Waals surface area (Å²) in [4.78, 5) is 12.4. The Kier molecular flexibility index (Phi) is 2.87. The van der Waals surface area contributed by atoms with Crippen molar-refractivity contribution in [3.8, 4) is 0 Å². The van der Waals surface area contributed by atoms with E-state index in [1.165, 1.54) is 25.7 Å². The Labute approximate surface area is 90.6 Å². The van der Waals surface area contributed by atoms with Gasteiger partial charge in [-0.3, -0.25) is 0 Å². The Morgan fingerprint density at radius 2 is 2.07 bits per heavy atom. The first kappa shape index (κ1) is 10.7. The van der Waals surface area contributed by atoms with E-state index >= 15 is 0 Å². The first-order valence-corrected chi connectivity index (χ1v) is 5.80. The second-order valence-corrected chi connectivity index (χ2v) is 5.02. The van der Waals surface area contributed by atoms with Crippen LogP contribution in [-0.4, -0.2) is 42.3 Å². The summed E-state index contributed by atoms with van der Waals surface area (Å²) in [6.07, 6.45) is 5.08. The molecule has 1 spiro atoms. The number of amides is 1. The molecular weight excluding hydrogens is 192 g/mol. The molecule has 2 rings (SSSR count). The highest BCUT2D eigenvalue weighted by Gasteiger charge is 2.42. The van der Waals surface area contributed by atoms with Gasteiger partial charge in [-0.05, 0) is 44.6 Å². The second-order valence-electron chi connectivity index (χ2n) is 5.02. The third-order valence-corrected chi connectivity index (χ3v) is 4.16. The standard InChI is InChI=1S/C11H20N2O2/c1-12-9-2-4-11(5-3-9)6-7-13(8-11)10(14)15/h9,12H,2-8H2,1H3,(H,14,15). The minimum Gasteiger partial charge on any atom is -0.465 e. The Morgan fingerprint density at radius 3 is 2.53 bits per heavy atom. The van der Waals surface area contributed by atoms with Gasteiger partial charge in [0.1, 0.15) is 0 Å². The predicted octanol–water partition coefficient (Wildman–Crippen LogP) is 1.52. The van der Waals surface area contributed by atoms with Crippen LogP contribution in [0, 0.1) is 5.41 Å². The van der Waals surface area contributed by atoms with E-state index in [-0.39, 0.29) is 0 Å². The fourth-order valence-electron chi connectivity index (χ4n) is 3.03. The number of hydrogen-bond acceptors (Lipinski definition) is 2. The number of carbonyl (C=O) groups is 1. The van der Waals surface area contributed by atoms with E-state index in [4.69, 9.17) is 5.11 Å². The summed E-state index contributed by atoms with van der Waals surface area (Å²) in [6.45, 7) is 1.50. The van der Waals surface area contributed by atoms with Crippen LogP contribution in [-0.2, 0) is 0 Å². The van der Waals surface area contributed by atoms with E-state index in [0.29, 0.717) is 11.5 Å². The fourth-order valence-corrected chi connectivity index (χ4v) is 3.03. The third kappa shape index (κ3) is 2.09. The zero-order valence-electron chi connectivity index (χ0n) is 9.33. The van der Waals surface area contributed by atoms with Crippen LogP contribution in [0.1, 0.15) is 32.1 Å². The zero-order valence-corrected chi connectivity index (χ0v) is 9.33. The minimum atomic E-state index is -0.748. The molecule has 2 aliphatic rings. The van der Waals surface area contributed by atoms with Gasteiger partial charge in [-0.15, -0.1) is 0 Å². The van der Waals surface area contributed by atoms with Gasteiger partial charge in [0.25, 0.3) is 0 Å². The maximum absolute atomic E-state index is 10.9. The molecule has 0 atom stereocenters. The number of nitrogens with one attached hydrogen (secondary N) is 1. The summed E-state index contributed by atoms with van der Waals surface area (Å²) < 4.78 is 0. The van der Waals surface area contributed by atoms with Crippen LogP contribution in [0.3, 0.4) is 0 Å². The van der Waals surface area contributed by atoms with E-state index in [9.17, 15) is 4.79 Å². The summed E-state index contributed by atoms with van der Waals surface area (Å²) in [5.74, 6) is 0. The van der Waals surface area contributed by atoms with Crippen LogP contribution in [0.4, 0.5) is 4.79 Å². The highest BCUT2D eigenvalue weighted by atomic mass is 16.4. The lowest BCUT2D eigenvalue weighted by Crippen LogP contribution is -2.38. The second kappa shape index (κ2) is 4.00. The normalized spacial score (nSPS) is 36.1. The monoisotopic (exact) mass is 212 g/mol. The summed E-state index contributed by atoms with van der Waals surface area (Å²) in [5.41, 5.74) is 0.311. The van der Waals surface area contributed by atoms with Gasteiger partial charge in [0.05, 0.1) is 0 Å². The van der Waals surface area contributed by atoms with Gasteiger partial charge in [0, 0.05) is 19.1 Å². The van der Waals surface area contributed by atoms with E-state index in [1.54, 1.807) is 4.90 Å². The van der Waals surface area contributed by atoms with Gasteiger partial charge in [0.2, 0.25) is 0 Å². The van der Waals surface area contributed by atoms with Gasteiger partial charge in [-0.25, -0.2) is 4.79 Å². The predicted molar refractivity (Wildman–Crippen MR) is 58.0 cm³/mol. The molecule has 0 bridgehead atoms. The van der Waals surface area contributed by atoms with Crippen molar-refractivity contribution in [3.63, 3.8) is 0 Å². The SMILES string of the molecule is CNC1CCC2(CC1)CCN(C(=O)O)C2. The van der Waals surface area contributed by atoms with Crippen LogP contribution in [0.25, 0.3) is 0 Å². The molecule has 0 unspecified atom stereocenters. The minimum absolute atomic E-state index is 0.311. The molecule has 1 saturated carbocycles. The number of carboxylic acid groups (broad SMARTS) is 1. The number of nitrogens with zero attached hydrogens (tertiary/aromatic N) is 1. The summed E-state index contributed by atoms with van der Waals surface area (Å²) in [5, 5.41) is 12.3. The molecule has 4 nitrogen and oxygen atoms in total. The van der Waals surface area contributed by atoms with Crippen molar-refractivity contribution in [2.75, 3.05) is 20.1 Å². The molecule has 1 amide bonds. The molecule has 0 radical (unpaired) electrons. The van der Waals surface area contributed by atoms with Crippen LogP contribution in [0.5, 0.6) is 0 Å². The lowest BCUT2D eigenvalue weighted by atomic mass is 9.72. The van der Waals surface area contributed by atoms with Crippen molar-refractivity contribution in [1.82, 2.24) is 10.2 Å². The van der Waals surface area contributed by atoms with Crippen molar-refractivity contribution in [1.29, 1.82) is 0 Å². The molecule has 0 aromatic heterocycles. The van der Waals surface area contributed by atoms with Gasteiger partial charge in [-0.1, -0.05) is 0 Å². The Hall–Kier alpha value is -0.770. The van der Waals surface area contributed by atoms with E-state index in [1.807, 2.05) is 7.05 Å². The molecule has 15 heavy (non-hydrogen) atoms. The quantitative estimate of drug-likeness (QED) is 0.693. The molecular formula is C11H20N2O2. The molecule has 2 fully saturated rings. The van der Waals surface area contributed by atoms with Crippen molar-refractivity contribution in [3.05, 3.63) is 0 Å². The van der Waals surface area contributed by atoms with Gasteiger partial charge in [0.15, 0.2) is 0 Å². The van der Waals surface area contributed by atoms with Crippen molar-refractivity contribution < 1.29 is 9.90 Å². The Bertz CT molecular complexity index is 247. The van der Waals surface area contributed by atoms with Crippen LogP contribution >= 0.6 is 0 Å². The highest BCUT2D eigenvalue weighted by Crippen LogP contribution is 2.43. The van der Waals surface area contributed by atoms with E-state index < -0.39 is 6.09 Å². The molecule has 1 aliphatic heterocycles. The summed E-state index contributed by atoms with van der Waals surface area (Å²) in [7, 11) is 2.01. The topological polar surface area (TPSA) is 52.6 Å². The van der Waals surface area contributed by atoms with Crippen molar-refractivity contribution >= 4 is 6.09 Å². The number of rotatable bonds is 1. The number of likely N-dealkylation sites (tertiary alicyclic amines) is 1. The van der Waals surface area contributed by atoms with Gasteiger partial charge < -0.3 is 15.3 Å². The van der Waals surface area contributed by atoms with Crippen molar-refractivity contribution in [2.24, 2.45) is 5.41 Å². The van der Waals surface area contributed by atoms with E-state index in [2.05, 4.69) is 5.32 Å². The first-order chi connectivity index (χ1) is 7.15. The molecule has 1 aliphatic carbocycles. The summed E-state index contributed by atoms with van der Waals surface area (Å²) in [6, 6.07) is 0.648. The Morgan fingerprint density at radius 1 is 1.40 bits per heavy atom. The molecule has 1 saturated heterocycles. The molecule has 1 heterocycles. The Balaban J connectivity index is 1.92. The van der Waals surface area contributed by atoms with Gasteiger partial charge >= 0.3 is 6.09 Å². The van der Waals surface area contributed by atoms with Gasteiger partial charge in [-0.2, -0.15) is 0 Å². The zero-order chi connectivity index (χ0) is 10.9. The summed E-state index contributed by atoms with van der Waals surface area (Å²) >= 11 is 0. The van der Waals surface area contributed by atoms with Crippen molar-refractivity contribution in [2.45, 2.75) is 38.1 Å². The smallest absolute Gasteiger partial charge is 0.407 e. The number of hydrogen-bond donors (Lipinski definition) is 2. The van der Waals surface area contributed by atoms with E-state index in [0.717, 1.165) is 19.5 Å². The fraction of sp³-hybridized carbons (Fsp3) is 0.909. The molecule has 0 aromatic rings. The third-order valence-electron chi connectivity index (χ3n) is 4.16. The lowest BCUT2D eigenvalue weighted by Gasteiger charge is -2.36. The average Bonchev–Trinajstić information content (AvgIpc) is 2.64. The largest absolute Gasteiger partial charge is 0.465 e. The first-order valence-electron chi connectivity index (χ1n) is 5.80. The maximum Gasteiger partial charge on any atom is 0.407 e. The molecule has 0 aromatic carbocycles. The van der Waals surface area contributed by atoms with Crippen LogP contribution in [0.2, 0.25) is 0 Å². The highest BCUT2D eigenvalue weighted by molar-refractivity contribution is 5.65. The lowest BCUT2D eigenvalue weighted by molar-refractivity contribution is 0.135. The molecule has 86 valence electrons. The maximum atomic E-state index is 10.9. The van der Waals surface area contributed by atoms with Crippen LogP contribution in [0.15, 0.2) is 0 Å². The van der Waals surface area contributed by atoms with Crippen LogP contribution < -0.4 is 5.32 Å². The average molecular weight is 212 g/mol. The molecule has 4 heteroatoms. The molecule has 2 N–H and O–H groups in total.